The Morgan fingerprint density at radius 2 is 1.82 bits per heavy atom. The normalized spacial score (nSPS) is 50.7. The Morgan fingerprint density at radius 3 is 2.52 bits per heavy atom. The third kappa shape index (κ3) is 3.54. The molecule has 0 radical (unpaired) electrons. The molecular weight excluding hydrogens is 408 g/mol. The topological polar surface area (TPSA) is 38.7 Å². The molecule has 0 unspecified atom stereocenters. The van der Waals surface area contributed by atoms with Gasteiger partial charge in [0.1, 0.15) is 0 Å². The van der Waals surface area contributed by atoms with Crippen molar-refractivity contribution in [2.75, 3.05) is 7.11 Å². The van der Waals surface area contributed by atoms with E-state index in [1.54, 1.807) is 5.57 Å². The zero-order valence-electron chi connectivity index (χ0n) is 22.2. The maximum Gasteiger partial charge on any atom is 0.161 e. The molecule has 3 nitrogen and oxygen atoms in total. The van der Waals surface area contributed by atoms with Crippen LogP contribution in [0.4, 0.5) is 0 Å². The van der Waals surface area contributed by atoms with Crippen molar-refractivity contribution < 1.29 is 14.6 Å². The fourth-order valence-electron chi connectivity index (χ4n) is 9.79. The van der Waals surface area contributed by atoms with E-state index in [-0.39, 0.29) is 23.9 Å². The molecule has 1 saturated heterocycles. The van der Waals surface area contributed by atoms with Crippen molar-refractivity contribution in [3.63, 3.8) is 0 Å². The molecule has 5 rings (SSSR count). The molecule has 1 aliphatic heterocycles. The first-order chi connectivity index (χ1) is 15.5. The number of rotatable bonds is 3. The molecule has 0 bridgehead atoms. The van der Waals surface area contributed by atoms with Crippen LogP contribution in [0.2, 0.25) is 0 Å². The van der Waals surface area contributed by atoms with Crippen molar-refractivity contribution >= 4 is 0 Å². The van der Waals surface area contributed by atoms with Gasteiger partial charge in [-0.25, -0.2) is 0 Å². The Morgan fingerprint density at radius 1 is 1.06 bits per heavy atom. The van der Waals surface area contributed by atoms with Crippen LogP contribution in [0.25, 0.3) is 0 Å². The molecule has 0 spiro atoms. The molecule has 5 aliphatic rings. The molecule has 4 fully saturated rings. The van der Waals surface area contributed by atoms with Gasteiger partial charge in [-0.15, -0.1) is 0 Å². The Kier molecular flexibility index (Phi) is 5.98. The minimum Gasteiger partial charge on any atom is -0.393 e. The fraction of sp³-hybridized carbons (Fsp3) is 0.867. The molecule has 186 valence electrons. The van der Waals surface area contributed by atoms with Crippen LogP contribution in [0.5, 0.6) is 0 Å². The van der Waals surface area contributed by atoms with Crippen molar-refractivity contribution in [2.45, 2.75) is 111 Å². The van der Waals surface area contributed by atoms with E-state index in [4.69, 9.17) is 9.47 Å². The average molecular weight is 457 g/mol. The average Bonchev–Trinajstić information content (AvgIpc) is 3.31. The summed E-state index contributed by atoms with van der Waals surface area (Å²) < 4.78 is 12.2. The van der Waals surface area contributed by atoms with Crippen molar-refractivity contribution in [3.8, 4) is 0 Å². The van der Waals surface area contributed by atoms with Crippen LogP contribution >= 0.6 is 0 Å². The number of aliphatic hydroxyl groups excluding tert-OH is 1. The summed E-state index contributed by atoms with van der Waals surface area (Å²) in [6, 6.07) is 0. The molecule has 0 aromatic carbocycles. The van der Waals surface area contributed by atoms with Crippen LogP contribution in [0.15, 0.2) is 23.3 Å². The number of aliphatic hydroxyl groups is 1. The SMILES string of the molecule is CO[C@H]1O[C@H](C=C(C)C)C[C@H]1[C@@H]1CC[C@]2(C)C3=CC[C@H]4C(C)(C)[C@H](O)CC[C@]4(C)[C@@H]3CC[C@@H]12. The summed E-state index contributed by atoms with van der Waals surface area (Å²) in [5.41, 5.74) is 3.80. The van der Waals surface area contributed by atoms with Gasteiger partial charge in [-0.1, -0.05) is 51.0 Å². The summed E-state index contributed by atoms with van der Waals surface area (Å²) in [7, 11) is 1.83. The summed E-state index contributed by atoms with van der Waals surface area (Å²) in [5.74, 6) is 3.24. The lowest BCUT2D eigenvalue weighted by Crippen LogP contribution is -2.56. The van der Waals surface area contributed by atoms with Crippen LogP contribution < -0.4 is 0 Å². The molecule has 33 heavy (non-hydrogen) atoms. The predicted octanol–water partition coefficient (Wildman–Crippen LogP) is 6.91. The minimum absolute atomic E-state index is 0.0117. The van der Waals surface area contributed by atoms with Gasteiger partial charge in [0.25, 0.3) is 0 Å². The summed E-state index contributed by atoms with van der Waals surface area (Å²) in [6.07, 6.45) is 14.6. The van der Waals surface area contributed by atoms with Gasteiger partial charge in [0.05, 0.1) is 12.2 Å². The van der Waals surface area contributed by atoms with Gasteiger partial charge in [-0.2, -0.15) is 0 Å². The van der Waals surface area contributed by atoms with E-state index in [2.05, 4.69) is 53.7 Å². The van der Waals surface area contributed by atoms with Gasteiger partial charge < -0.3 is 14.6 Å². The van der Waals surface area contributed by atoms with Gasteiger partial charge in [-0.05, 0) is 105 Å². The van der Waals surface area contributed by atoms with E-state index >= 15 is 0 Å². The van der Waals surface area contributed by atoms with E-state index in [9.17, 15) is 5.11 Å². The second-order valence-electron chi connectivity index (χ2n) is 13.6. The van der Waals surface area contributed by atoms with Crippen molar-refractivity contribution in [3.05, 3.63) is 23.3 Å². The second-order valence-corrected chi connectivity index (χ2v) is 13.6. The summed E-state index contributed by atoms with van der Waals surface area (Å²) >= 11 is 0. The molecule has 1 heterocycles. The maximum atomic E-state index is 10.8. The molecule has 10 atom stereocenters. The van der Waals surface area contributed by atoms with Crippen molar-refractivity contribution in [1.29, 1.82) is 0 Å². The third-order valence-electron chi connectivity index (χ3n) is 11.5. The van der Waals surface area contributed by atoms with E-state index in [0.29, 0.717) is 34.5 Å². The lowest BCUT2D eigenvalue weighted by Gasteiger charge is -2.62. The first-order valence-electron chi connectivity index (χ1n) is 13.7. The summed E-state index contributed by atoms with van der Waals surface area (Å²) in [5, 5.41) is 10.8. The lowest BCUT2D eigenvalue weighted by atomic mass is 9.43. The van der Waals surface area contributed by atoms with Gasteiger partial charge in [0, 0.05) is 13.0 Å². The highest BCUT2D eigenvalue weighted by Crippen LogP contribution is 2.69. The highest BCUT2D eigenvalue weighted by molar-refractivity contribution is 5.31. The van der Waals surface area contributed by atoms with E-state index in [0.717, 1.165) is 25.2 Å². The number of hydrogen-bond acceptors (Lipinski definition) is 3. The van der Waals surface area contributed by atoms with E-state index in [1.807, 2.05) is 7.11 Å². The van der Waals surface area contributed by atoms with Crippen molar-refractivity contribution in [1.82, 2.24) is 0 Å². The number of ether oxygens (including phenoxy) is 2. The Bertz CT molecular complexity index is 822. The monoisotopic (exact) mass is 456 g/mol. The molecule has 0 amide bonds. The predicted molar refractivity (Wildman–Crippen MR) is 134 cm³/mol. The van der Waals surface area contributed by atoms with Crippen LogP contribution in [-0.2, 0) is 9.47 Å². The van der Waals surface area contributed by atoms with Crippen LogP contribution in [0, 0.1) is 45.8 Å². The first kappa shape index (κ1) is 24.1. The fourth-order valence-corrected chi connectivity index (χ4v) is 9.79. The Balaban J connectivity index is 1.42. The molecule has 3 heteroatoms. The van der Waals surface area contributed by atoms with Gasteiger partial charge in [0.15, 0.2) is 6.29 Å². The zero-order chi connectivity index (χ0) is 23.8. The molecule has 4 aliphatic carbocycles. The second kappa shape index (κ2) is 8.20. The highest BCUT2D eigenvalue weighted by atomic mass is 16.7. The van der Waals surface area contributed by atoms with E-state index < -0.39 is 0 Å². The van der Waals surface area contributed by atoms with Crippen LogP contribution in [0.3, 0.4) is 0 Å². The molecule has 3 saturated carbocycles. The molecule has 1 N–H and O–H groups in total. The van der Waals surface area contributed by atoms with Gasteiger partial charge in [-0.3, -0.25) is 0 Å². The number of allylic oxidation sites excluding steroid dienone is 3. The molecular formula is C30H48O3. The number of hydrogen-bond donors (Lipinski definition) is 1. The minimum atomic E-state index is -0.157. The van der Waals surface area contributed by atoms with Gasteiger partial charge >= 0.3 is 0 Å². The first-order valence-corrected chi connectivity index (χ1v) is 13.7. The van der Waals surface area contributed by atoms with Crippen molar-refractivity contribution in [2.24, 2.45) is 45.8 Å². The largest absolute Gasteiger partial charge is 0.393 e. The number of methoxy groups -OCH3 is 1. The highest BCUT2D eigenvalue weighted by Gasteiger charge is 2.62. The standard InChI is InChI=1S/C30H48O3/c1-18(2)16-19-17-21(27(32-7)33-19)20-12-14-29(5)22(20)8-9-24-23(29)10-11-25-28(3,4)26(31)13-15-30(24,25)6/h10,16,19-22,24-27,31H,8-9,11-15,17H2,1-7H3/t19-,20+,21+,22+,24-,25+,26-,27+,29+,30-/m1/s1. The third-order valence-corrected chi connectivity index (χ3v) is 11.5. The smallest absolute Gasteiger partial charge is 0.161 e. The number of fused-ring (bicyclic) bond motifs is 5. The Labute approximate surface area is 202 Å². The summed E-state index contributed by atoms with van der Waals surface area (Å²) in [6.45, 7) is 14.2. The maximum absolute atomic E-state index is 10.8. The van der Waals surface area contributed by atoms with Crippen LogP contribution in [0.1, 0.15) is 92.9 Å². The zero-order valence-corrected chi connectivity index (χ0v) is 22.2. The Hall–Kier alpha value is -0.640. The van der Waals surface area contributed by atoms with Crippen LogP contribution in [-0.4, -0.2) is 30.7 Å². The molecule has 0 aromatic rings. The van der Waals surface area contributed by atoms with E-state index in [1.165, 1.54) is 37.7 Å². The summed E-state index contributed by atoms with van der Waals surface area (Å²) in [4.78, 5) is 0. The molecule has 0 aromatic heterocycles. The quantitative estimate of drug-likeness (QED) is 0.469. The lowest BCUT2D eigenvalue weighted by molar-refractivity contribution is -0.139. The van der Waals surface area contributed by atoms with Gasteiger partial charge in [0.2, 0.25) is 0 Å².